The summed E-state index contributed by atoms with van der Waals surface area (Å²) in [7, 11) is 0. The molecule has 0 fully saturated rings. The SMILES string of the molecule is NCCC(=O)N1CCc2cc3ccc2C1c1cccc(c1)OCCCNC(=O)Cc1ccc(F)c(c1)O3. The monoisotopic (exact) mass is 503 g/mol. The van der Waals surface area contributed by atoms with Crippen LogP contribution in [0.5, 0.6) is 17.2 Å². The topological polar surface area (TPSA) is 93.9 Å². The van der Waals surface area contributed by atoms with E-state index in [-0.39, 0.29) is 43.0 Å². The molecule has 1 unspecified atom stereocenters. The quantitative estimate of drug-likeness (QED) is 0.554. The number of fused-ring (bicyclic) bond motifs is 7. The number of ether oxygens (including phenoxy) is 2. The maximum absolute atomic E-state index is 14.6. The highest BCUT2D eigenvalue weighted by Crippen LogP contribution is 2.39. The number of carbonyl (C=O) groups excluding carboxylic acids is 2. The van der Waals surface area contributed by atoms with Gasteiger partial charge >= 0.3 is 0 Å². The van der Waals surface area contributed by atoms with Crippen molar-refractivity contribution >= 4 is 11.8 Å². The Bertz CT molecular complexity index is 1310. The van der Waals surface area contributed by atoms with Crippen LogP contribution in [-0.2, 0) is 22.4 Å². The molecule has 3 aliphatic rings. The van der Waals surface area contributed by atoms with E-state index in [9.17, 15) is 14.0 Å². The van der Waals surface area contributed by atoms with Gasteiger partial charge in [0.2, 0.25) is 11.8 Å². The Morgan fingerprint density at radius 3 is 2.86 bits per heavy atom. The third kappa shape index (κ3) is 5.59. The predicted octanol–water partition coefficient (Wildman–Crippen LogP) is 3.88. The summed E-state index contributed by atoms with van der Waals surface area (Å²) < 4.78 is 26.5. The molecule has 3 aromatic carbocycles. The Hall–Kier alpha value is -3.91. The first-order valence-electron chi connectivity index (χ1n) is 12.6. The summed E-state index contributed by atoms with van der Waals surface area (Å²) in [5.41, 5.74) is 9.31. The van der Waals surface area contributed by atoms with E-state index < -0.39 is 5.82 Å². The van der Waals surface area contributed by atoms with Gasteiger partial charge in [0.15, 0.2) is 11.6 Å². The van der Waals surface area contributed by atoms with Gasteiger partial charge in [-0.1, -0.05) is 24.3 Å². The van der Waals surface area contributed by atoms with Gasteiger partial charge in [0, 0.05) is 26.1 Å². The normalized spacial score (nSPS) is 17.5. The molecule has 2 amide bonds. The highest BCUT2D eigenvalue weighted by atomic mass is 19.1. The van der Waals surface area contributed by atoms with Crippen molar-refractivity contribution in [1.82, 2.24) is 10.2 Å². The number of nitrogens with two attached hydrogens (primary N) is 1. The minimum atomic E-state index is -0.502. The van der Waals surface area contributed by atoms with Crippen LogP contribution in [0.1, 0.15) is 41.1 Å². The third-order valence-corrected chi connectivity index (χ3v) is 6.70. The number of amides is 2. The fraction of sp³-hybridized carbons (Fsp3) is 0.310. The second-order valence-corrected chi connectivity index (χ2v) is 9.31. The van der Waals surface area contributed by atoms with Crippen molar-refractivity contribution in [1.29, 1.82) is 0 Å². The van der Waals surface area contributed by atoms with Crippen LogP contribution in [0.4, 0.5) is 4.39 Å². The second-order valence-electron chi connectivity index (χ2n) is 9.31. The van der Waals surface area contributed by atoms with Crippen molar-refractivity contribution in [3.63, 3.8) is 0 Å². The van der Waals surface area contributed by atoms with Gasteiger partial charge in [-0.3, -0.25) is 9.59 Å². The summed E-state index contributed by atoms with van der Waals surface area (Å²) in [5.74, 6) is 0.605. The van der Waals surface area contributed by atoms with E-state index in [1.165, 1.54) is 6.07 Å². The Labute approximate surface area is 215 Å². The molecule has 3 N–H and O–H groups in total. The molecule has 0 aromatic heterocycles. The van der Waals surface area contributed by atoms with Crippen LogP contribution in [0.3, 0.4) is 0 Å². The lowest BCUT2D eigenvalue weighted by Gasteiger charge is -2.38. The molecule has 3 aromatic rings. The number of nitrogens with zero attached hydrogens (tertiary/aromatic N) is 1. The molecule has 3 heterocycles. The summed E-state index contributed by atoms with van der Waals surface area (Å²) in [4.78, 5) is 27.3. The lowest BCUT2D eigenvalue weighted by Crippen LogP contribution is -2.41. The standard InChI is InChI=1S/C29H30FN3O4/c30-25-8-5-19-15-26(25)37-23-6-7-24-20(17-23)10-13-33(28(35)9-11-31)29(24)21-3-1-4-22(18-21)36-14-2-12-32-27(34)16-19/h1,3-8,15,17-18,29H,2,9-14,16,31H2,(H,32,34). The molecular formula is C29H30FN3O4. The van der Waals surface area contributed by atoms with E-state index >= 15 is 0 Å². The molecule has 6 rings (SSSR count). The fourth-order valence-corrected chi connectivity index (χ4v) is 4.94. The second kappa shape index (κ2) is 11.0. The van der Waals surface area contributed by atoms with Crippen LogP contribution in [0.15, 0.2) is 60.7 Å². The molecule has 192 valence electrons. The first-order valence-corrected chi connectivity index (χ1v) is 12.6. The van der Waals surface area contributed by atoms with E-state index in [0.717, 1.165) is 16.7 Å². The number of carbonyl (C=O) groups is 2. The number of benzene rings is 3. The van der Waals surface area contributed by atoms with Gasteiger partial charge in [-0.15, -0.1) is 0 Å². The molecule has 7 nitrogen and oxygen atoms in total. The molecule has 0 saturated heterocycles. The molecule has 0 aliphatic carbocycles. The summed E-state index contributed by atoms with van der Waals surface area (Å²) >= 11 is 0. The van der Waals surface area contributed by atoms with E-state index in [4.69, 9.17) is 15.2 Å². The molecule has 8 bridgehead atoms. The maximum atomic E-state index is 14.6. The Kier molecular flexibility index (Phi) is 7.37. The third-order valence-electron chi connectivity index (χ3n) is 6.70. The molecule has 1 atom stereocenters. The number of halogens is 1. The van der Waals surface area contributed by atoms with Gasteiger partial charge in [0.05, 0.1) is 19.1 Å². The number of hydrogen-bond acceptors (Lipinski definition) is 5. The maximum Gasteiger partial charge on any atom is 0.224 e. The highest BCUT2D eigenvalue weighted by molar-refractivity contribution is 5.79. The van der Waals surface area contributed by atoms with Crippen molar-refractivity contribution in [3.8, 4) is 17.2 Å². The molecule has 8 heteroatoms. The van der Waals surface area contributed by atoms with Crippen molar-refractivity contribution in [2.45, 2.75) is 31.7 Å². The Balaban J connectivity index is 1.56. The van der Waals surface area contributed by atoms with Gasteiger partial charge < -0.3 is 25.4 Å². The van der Waals surface area contributed by atoms with E-state index in [1.807, 2.05) is 41.3 Å². The zero-order valence-corrected chi connectivity index (χ0v) is 20.5. The molecule has 0 saturated carbocycles. The number of hydrogen-bond donors (Lipinski definition) is 2. The smallest absolute Gasteiger partial charge is 0.224 e. The van der Waals surface area contributed by atoms with Gasteiger partial charge in [-0.05, 0) is 71.5 Å². The van der Waals surface area contributed by atoms with Crippen molar-refractivity contribution < 1.29 is 23.5 Å². The van der Waals surface area contributed by atoms with Crippen molar-refractivity contribution in [3.05, 3.63) is 88.7 Å². The van der Waals surface area contributed by atoms with Crippen molar-refractivity contribution in [2.75, 3.05) is 26.2 Å². The summed E-state index contributed by atoms with van der Waals surface area (Å²) in [5, 5.41) is 2.88. The van der Waals surface area contributed by atoms with Crippen LogP contribution in [0, 0.1) is 5.82 Å². The number of rotatable bonds is 2. The summed E-state index contributed by atoms with van der Waals surface area (Å²) in [6.45, 7) is 1.70. The first-order chi connectivity index (χ1) is 18.0. The molecule has 37 heavy (non-hydrogen) atoms. The zero-order chi connectivity index (χ0) is 25.8. The van der Waals surface area contributed by atoms with Gasteiger partial charge in [0.1, 0.15) is 11.5 Å². The highest BCUT2D eigenvalue weighted by Gasteiger charge is 2.32. The molecule has 0 radical (unpaired) electrons. The average Bonchev–Trinajstić information content (AvgIpc) is 2.89. The van der Waals surface area contributed by atoms with Crippen LogP contribution in [-0.4, -0.2) is 43.0 Å². The minimum absolute atomic E-state index is 0.00202. The van der Waals surface area contributed by atoms with Gasteiger partial charge in [0.25, 0.3) is 0 Å². The lowest BCUT2D eigenvalue weighted by molar-refractivity contribution is -0.133. The zero-order valence-electron chi connectivity index (χ0n) is 20.5. The van der Waals surface area contributed by atoms with E-state index in [0.29, 0.717) is 49.6 Å². The summed E-state index contributed by atoms with van der Waals surface area (Å²) in [6.07, 6.45) is 1.66. The predicted molar refractivity (Wildman–Crippen MR) is 137 cm³/mol. The Morgan fingerprint density at radius 1 is 1.11 bits per heavy atom. The van der Waals surface area contributed by atoms with E-state index in [1.54, 1.807) is 18.2 Å². The molecular weight excluding hydrogens is 473 g/mol. The van der Waals surface area contributed by atoms with Gasteiger partial charge in [-0.25, -0.2) is 4.39 Å². The summed E-state index contributed by atoms with van der Waals surface area (Å²) in [6, 6.07) is 17.5. The van der Waals surface area contributed by atoms with Crippen LogP contribution >= 0.6 is 0 Å². The minimum Gasteiger partial charge on any atom is -0.494 e. The number of nitrogens with one attached hydrogen (secondary N) is 1. The fourth-order valence-electron chi connectivity index (χ4n) is 4.94. The average molecular weight is 504 g/mol. The van der Waals surface area contributed by atoms with Crippen molar-refractivity contribution in [2.24, 2.45) is 5.73 Å². The first kappa shape index (κ1) is 24.8. The largest absolute Gasteiger partial charge is 0.494 e. The van der Waals surface area contributed by atoms with E-state index in [2.05, 4.69) is 5.32 Å². The van der Waals surface area contributed by atoms with Crippen LogP contribution in [0.25, 0.3) is 0 Å². The van der Waals surface area contributed by atoms with Gasteiger partial charge in [-0.2, -0.15) is 0 Å². The molecule has 0 spiro atoms. The van der Waals surface area contributed by atoms with Crippen LogP contribution in [0.2, 0.25) is 0 Å². The molecule has 3 aliphatic heterocycles. The lowest BCUT2D eigenvalue weighted by atomic mass is 9.87. The van der Waals surface area contributed by atoms with Crippen LogP contribution < -0.4 is 20.5 Å². The Morgan fingerprint density at radius 2 is 2.00 bits per heavy atom.